The van der Waals surface area contributed by atoms with Gasteiger partial charge in [0.25, 0.3) is 0 Å². The number of aryl methyl sites for hydroxylation is 2. The second-order valence-electron chi connectivity index (χ2n) is 6.43. The number of hydrogen-bond donors (Lipinski definition) is 2. The number of hydrogen-bond acceptors (Lipinski definition) is 3. The zero-order valence-electron chi connectivity index (χ0n) is 13.6. The molecule has 1 atom stereocenters. The molecule has 1 heterocycles. The number of unbranched alkanes of at least 4 members (excludes halogenated alkanes) is 6. The number of rotatable bonds is 10. The van der Waals surface area contributed by atoms with E-state index < -0.39 is 0 Å². The first-order valence-corrected chi connectivity index (χ1v) is 9.74. The molecule has 1 aliphatic carbocycles. The molecule has 0 spiro atoms. The zero-order chi connectivity index (χ0) is 14.9. The molecule has 1 unspecified atom stereocenters. The first-order valence-electron chi connectivity index (χ1n) is 8.92. The maximum Gasteiger partial charge on any atom is 0.0553 e. The SMILES string of the molecule is CCCCCCCCCC(NN)c1cc2c(s1)CCCC2. The van der Waals surface area contributed by atoms with E-state index in [-0.39, 0.29) is 0 Å². The fourth-order valence-electron chi connectivity index (χ4n) is 3.30. The van der Waals surface area contributed by atoms with Crippen LogP contribution in [0.5, 0.6) is 0 Å². The van der Waals surface area contributed by atoms with Gasteiger partial charge in [-0.2, -0.15) is 0 Å². The number of hydrazine groups is 1. The van der Waals surface area contributed by atoms with Crippen LogP contribution in [0.15, 0.2) is 6.07 Å². The van der Waals surface area contributed by atoms with E-state index in [1.54, 1.807) is 10.4 Å². The van der Waals surface area contributed by atoms with Crippen LogP contribution in [0.3, 0.4) is 0 Å². The molecule has 3 N–H and O–H groups in total. The molecule has 21 heavy (non-hydrogen) atoms. The van der Waals surface area contributed by atoms with Crippen LogP contribution >= 0.6 is 11.3 Å². The van der Waals surface area contributed by atoms with Gasteiger partial charge in [-0.15, -0.1) is 11.3 Å². The molecule has 0 saturated heterocycles. The summed E-state index contributed by atoms with van der Waals surface area (Å²) in [6.07, 6.45) is 16.1. The van der Waals surface area contributed by atoms with Crippen LogP contribution in [0.2, 0.25) is 0 Å². The smallest absolute Gasteiger partial charge is 0.0553 e. The summed E-state index contributed by atoms with van der Waals surface area (Å²) in [5.74, 6) is 5.80. The summed E-state index contributed by atoms with van der Waals surface area (Å²) in [6.45, 7) is 2.28. The van der Waals surface area contributed by atoms with Gasteiger partial charge in [0, 0.05) is 9.75 Å². The van der Waals surface area contributed by atoms with Crippen molar-refractivity contribution in [2.75, 3.05) is 0 Å². The first-order chi connectivity index (χ1) is 10.3. The molecule has 0 fully saturated rings. The molecule has 1 aliphatic rings. The highest BCUT2D eigenvalue weighted by Gasteiger charge is 2.18. The highest BCUT2D eigenvalue weighted by molar-refractivity contribution is 7.12. The second-order valence-corrected chi connectivity index (χ2v) is 7.60. The Kier molecular flexibility index (Phi) is 7.76. The summed E-state index contributed by atoms with van der Waals surface area (Å²) in [5, 5.41) is 0. The molecule has 0 saturated carbocycles. The van der Waals surface area contributed by atoms with E-state index in [9.17, 15) is 0 Å². The number of nitrogens with two attached hydrogens (primary N) is 1. The van der Waals surface area contributed by atoms with Crippen molar-refractivity contribution in [1.29, 1.82) is 0 Å². The fourth-order valence-corrected chi connectivity index (χ4v) is 4.65. The van der Waals surface area contributed by atoms with Gasteiger partial charge in [0.15, 0.2) is 0 Å². The minimum absolute atomic E-state index is 0.372. The van der Waals surface area contributed by atoms with Gasteiger partial charge in [0.2, 0.25) is 0 Å². The van der Waals surface area contributed by atoms with Gasteiger partial charge in [-0.1, -0.05) is 51.9 Å². The Morgan fingerprint density at radius 2 is 1.81 bits per heavy atom. The van der Waals surface area contributed by atoms with E-state index >= 15 is 0 Å². The minimum atomic E-state index is 0.372. The van der Waals surface area contributed by atoms with Gasteiger partial charge >= 0.3 is 0 Å². The molecule has 0 aliphatic heterocycles. The molecule has 0 amide bonds. The quantitative estimate of drug-likeness (QED) is 0.351. The van der Waals surface area contributed by atoms with Crippen LogP contribution in [0.4, 0.5) is 0 Å². The average molecular weight is 309 g/mol. The normalized spacial score (nSPS) is 15.9. The van der Waals surface area contributed by atoms with Gasteiger partial charge < -0.3 is 0 Å². The third kappa shape index (κ3) is 5.39. The lowest BCUT2D eigenvalue weighted by molar-refractivity contribution is 0.481. The zero-order valence-corrected chi connectivity index (χ0v) is 14.4. The Labute approximate surface area is 134 Å². The van der Waals surface area contributed by atoms with Crippen LogP contribution in [0.1, 0.15) is 92.5 Å². The monoisotopic (exact) mass is 308 g/mol. The maximum atomic E-state index is 5.80. The predicted molar refractivity (Wildman–Crippen MR) is 93.6 cm³/mol. The average Bonchev–Trinajstić information content (AvgIpc) is 2.94. The minimum Gasteiger partial charge on any atom is -0.271 e. The van der Waals surface area contributed by atoms with Crippen LogP contribution in [-0.2, 0) is 12.8 Å². The van der Waals surface area contributed by atoms with Crippen molar-refractivity contribution in [3.05, 3.63) is 21.4 Å². The molecule has 2 nitrogen and oxygen atoms in total. The van der Waals surface area contributed by atoms with Gasteiger partial charge in [0.1, 0.15) is 0 Å². The number of thiophene rings is 1. The molecule has 0 radical (unpaired) electrons. The van der Waals surface area contributed by atoms with E-state index in [1.165, 1.54) is 81.9 Å². The van der Waals surface area contributed by atoms with Gasteiger partial charge in [-0.25, -0.2) is 0 Å². The lowest BCUT2D eigenvalue weighted by atomic mass is 9.98. The van der Waals surface area contributed by atoms with Crippen molar-refractivity contribution in [2.45, 2.75) is 90.0 Å². The van der Waals surface area contributed by atoms with Gasteiger partial charge in [-0.05, 0) is 43.7 Å². The van der Waals surface area contributed by atoms with Crippen molar-refractivity contribution in [3.63, 3.8) is 0 Å². The Hall–Kier alpha value is -0.380. The van der Waals surface area contributed by atoms with Crippen molar-refractivity contribution >= 4 is 11.3 Å². The Morgan fingerprint density at radius 1 is 1.10 bits per heavy atom. The van der Waals surface area contributed by atoms with E-state index in [2.05, 4.69) is 18.4 Å². The topological polar surface area (TPSA) is 38.0 Å². The lowest BCUT2D eigenvalue weighted by Crippen LogP contribution is -2.27. The first kappa shape index (κ1) is 17.0. The van der Waals surface area contributed by atoms with E-state index in [0.717, 1.165) is 0 Å². The highest BCUT2D eigenvalue weighted by Crippen LogP contribution is 2.34. The summed E-state index contributed by atoms with van der Waals surface area (Å²) in [4.78, 5) is 3.09. The summed E-state index contributed by atoms with van der Waals surface area (Å²) >= 11 is 2.00. The van der Waals surface area contributed by atoms with E-state index in [1.807, 2.05) is 11.3 Å². The molecule has 120 valence electrons. The summed E-state index contributed by atoms with van der Waals surface area (Å²) in [5.41, 5.74) is 4.65. The van der Waals surface area contributed by atoms with Crippen molar-refractivity contribution < 1.29 is 0 Å². The molecule has 1 aromatic heterocycles. The second kappa shape index (κ2) is 9.60. The lowest BCUT2D eigenvalue weighted by Gasteiger charge is -2.13. The van der Waals surface area contributed by atoms with Crippen molar-refractivity contribution in [2.24, 2.45) is 5.84 Å². The van der Waals surface area contributed by atoms with E-state index in [0.29, 0.717) is 6.04 Å². The Balaban J connectivity index is 1.71. The van der Waals surface area contributed by atoms with Crippen LogP contribution in [0.25, 0.3) is 0 Å². The largest absolute Gasteiger partial charge is 0.271 e. The molecular formula is C18H32N2S. The van der Waals surface area contributed by atoms with Crippen molar-refractivity contribution in [3.8, 4) is 0 Å². The fraction of sp³-hybridized carbons (Fsp3) is 0.778. The molecule has 3 heteroatoms. The standard InChI is InChI=1S/C18H32N2S/c1-2-3-4-5-6-7-8-12-16(20-19)18-14-15-11-9-10-13-17(15)21-18/h14,16,20H,2-13,19H2,1H3. The third-order valence-corrected chi connectivity index (χ3v) is 6.01. The van der Waals surface area contributed by atoms with Crippen LogP contribution in [0, 0.1) is 0 Å². The van der Waals surface area contributed by atoms with Gasteiger partial charge in [0.05, 0.1) is 6.04 Å². The van der Waals surface area contributed by atoms with E-state index in [4.69, 9.17) is 5.84 Å². The molecular weight excluding hydrogens is 276 g/mol. The molecule has 0 aromatic carbocycles. The highest BCUT2D eigenvalue weighted by atomic mass is 32.1. The van der Waals surface area contributed by atoms with Crippen LogP contribution < -0.4 is 11.3 Å². The summed E-state index contributed by atoms with van der Waals surface area (Å²) in [7, 11) is 0. The van der Waals surface area contributed by atoms with Gasteiger partial charge in [-0.3, -0.25) is 11.3 Å². The molecule has 1 aromatic rings. The summed E-state index contributed by atoms with van der Waals surface area (Å²) < 4.78 is 0. The Bertz CT molecular complexity index is 376. The Morgan fingerprint density at radius 3 is 2.52 bits per heavy atom. The molecule has 0 bridgehead atoms. The number of fused-ring (bicyclic) bond motifs is 1. The molecule has 2 rings (SSSR count). The summed E-state index contributed by atoms with van der Waals surface area (Å²) in [6, 6.07) is 2.79. The predicted octanol–water partition coefficient (Wildman–Crippen LogP) is 5.27. The maximum absolute atomic E-state index is 5.80. The third-order valence-electron chi connectivity index (χ3n) is 4.66. The number of nitrogens with one attached hydrogen (secondary N) is 1. The van der Waals surface area contributed by atoms with Crippen LogP contribution in [-0.4, -0.2) is 0 Å². The van der Waals surface area contributed by atoms with Crippen molar-refractivity contribution in [1.82, 2.24) is 5.43 Å².